The molecule has 36 valence electrons. The molecular formula is H4F4Ti. The summed E-state index contributed by atoms with van der Waals surface area (Å²) in [6.07, 6.45) is 0. The van der Waals surface area contributed by atoms with Crippen molar-refractivity contribution >= 4 is 0 Å². The molecule has 0 atom stereocenters. The summed E-state index contributed by atoms with van der Waals surface area (Å²) in [7, 11) is 0. The van der Waals surface area contributed by atoms with E-state index in [2.05, 4.69) is 0 Å². The van der Waals surface area contributed by atoms with Crippen LogP contribution in [0.15, 0.2) is 0 Å². The van der Waals surface area contributed by atoms with Crippen LogP contribution < -0.4 is 0 Å². The Bertz CT molecular complexity index is 3.61. The van der Waals surface area contributed by atoms with Gasteiger partial charge in [-0.3, -0.25) is 18.8 Å². The van der Waals surface area contributed by atoms with Gasteiger partial charge in [0.25, 0.3) is 0 Å². The molecule has 0 unspecified atom stereocenters. The Hall–Kier alpha value is 0.434. The molecule has 0 aliphatic rings. The summed E-state index contributed by atoms with van der Waals surface area (Å²) in [4.78, 5) is 0. The third-order valence-corrected chi connectivity index (χ3v) is 0. The molecule has 5 heteroatoms. The fourth-order valence-corrected chi connectivity index (χ4v) is 0. The molecule has 0 saturated heterocycles. The van der Waals surface area contributed by atoms with Crippen LogP contribution in [0.1, 0.15) is 0 Å². The Kier molecular flexibility index (Phi) is 31400. The van der Waals surface area contributed by atoms with Crippen molar-refractivity contribution in [2.75, 3.05) is 0 Å². The molecule has 0 N–H and O–H groups in total. The van der Waals surface area contributed by atoms with E-state index < -0.39 is 0 Å². The Morgan fingerprint density at radius 1 is 0.400 bits per heavy atom. The number of hydrogen-bond donors (Lipinski definition) is 0. The molecule has 0 amide bonds. The van der Waals surface area contributed by atoms with Gasteiger partial charge in [-0.25, -0.2) is 0 Å². The van der Waals surface area contributed by atoms with Crippen LogP contribution in [-0.2, 0) is 21.7 Å². The van der Waals surface area contributed by atoms with Crippen molar-refractivity contribution in [1.29, 1.82) is 0 Å². The Morgan fingerprint density at radius 2 is 0.400 bits per heavy atom. The summed E-state index contributed by atoms with van der Waals surface area (Å²) in [6, 6.07) is 0. The predicted molar refractivity (Wildman–Crippen MR) is 10.0 cm³/mol. The standard InChI is InChI=1S/4FH.Ti/h4*1H;. The van der Waals surface area contributed by atoms with Gasteiger partial charge >= 0.3 is 0 Å². The summed E-state index contributed by atoms with van der Waals surface area (Å²) in [5.41, 5.74) is 0. The topological polar surface area (TPSA) is 0 Å². The first kappa shape index (κ1) is 567. The molecule has 0 aliphatic carbocycles. The summed E-state index contributed by atoms with van der Waals surface area (Å²) in [5.74, 6) is 0. The average Bonchev–Trinajstić information content (AvgIpc) is 0. The molecule has 0 spiro atoms. The van der Waals surface area contributed by atoms with Crippen molar-refractivity contribution in [3.05, 3.63) is 0 Å². The SMILES string of the molecule is F.F.F.F.[Ti]. The van der Waals surface area contributed by atoms with E-state index in [4.69, 9.17) is 0 Å². The van der Waals surface area contributed by atoms with E-state index >= 15 is 0 Å². The summed E-state index contributed by atoms with van der Waals surface area (Å²) in [5, 5.41) is 0. The number of rotatable bonds is 0. The second-order valence-corrected chi connectivity index (χ2v) is 0. The van der Waals surface area contributed by atoms with Crippen LogP contribution in [0.3, 0.4) is 0 Å². The quantitative estimate of drug-likeness (QED) is 0.331. The monoisotopic (exact) mass is 128 g/mol. The van der Waals surface area contributed by atoms with Crippen molar-refractivity contribution in [3.63, 3.8) is 0 Å². The number of hydrogen-bond acceptors (Lipinski definition) is 0. The second kappa shape index (κ2) is 277. The molecule has 0 aromatic carbocycles. The Labute approximate surface area is 41.3 Å². The molecule has 0 aromatic heterocycles. The van der Waals surface area contributed by atoms with Gasteiger partial charge in [-0.2, -0.15) is 0 Å². The predicted octanol–water partition coefficient (Wildman–Crippen LogP) is 0.607. The molecule has 5 heavy (non-hydrogen) atoms. The second-order valence-electron chi connectivity index (χ2n) is 0. The fourth-order valence-electron chi connectivity index (χ4n) is 0. The van der Waals surface area contributed by atoms with Gasteiger partial charge in [-0.1, -0.05) is 0 Å². The molecule has 0 heterocycles. The molecule has 0 bridgehead atoms. The first-order chi connectivity index (χ1) is 0. The van der Waals surface area contributed by atoms with Gasteiger partial charge in [0.1, 0.15) is 0 Å². The van der Waals surface area contributed by atoms with Gasteiger partial charge < -0.3 is 0 Å². The largest absolute Gasteiger partial charge is 0.269 e. The zero-order valence-corrected chi connectivity index (χ0v) is 3.69. The van der Waals surface area contributed by atoms with Gasteiger partial charge in [0.2, 0.25) is 0 Å². The van der Waals surface area contributed by atoms with E-state index in [9.17, 15) is 0 Å². The molecule has 0 aromatic rings. The molecule has 0 aliphatic heterocycles. The molecule has 0 rings (SSSR count). The summed E-state index contributed by atoms with van der Waals surface area (Å²) in [6.45, 7) is 0. The molecular weight excluding hydrogens is 124 g/mol. The van der Waals surface area contributed by atoms with Gasteiger partial charge in [0.15, 0.2) is 0 Å². The van der Waals surface area contributed by atoms with Crippen molar-refractivity contribution < 1.29 is 40.5 Å². The maximum atomic E-state index is 0. The molecule has 0 fully saturated rings. The van der Waals surface area contributed by atoms with E-state index in [1.54, 1.807) is 0 Å². The van der Waals surface area contributed by atoms with E-state index in [0.717, 1.165) is 0 Å². The molecule has 0 radical (unpaired) electrons. The van der Waals surface area contributed by atoms with E-state index in [1.165, 1.54) is 0 Å². The fraction of sp³-hybridized carbons (Fsp3) is 0. The number of halogens is 4. The minimum atomic E-state index is 0. The smallest absolute Gasteiger partial charge is 0 e. The van der Waals surface area contributed by atoms with Crippen molar-refractivity contribution in [2.24, 2.45) is 0 Å². The Balaban J connectivity index is 0. The van der Waals surface area contributed by atoms with Crippen LogP contribution in [0, 0.1) is 0 Å². The van der Waals surface area contributed by atoms with E-state index in [1.807, 2.05) is 0 Å². The van der Waals surface area contributed by atoms with Crippen molar-refractivity contribution in [2.45, 2.75) is 0 Å². The first-order valence-electron chi connectivity index (χ1n) is 0. The van der Waals surface area contributed by atoms with Crippen LogP contribution in [-0.4, -0.2) is 0 Å². The summed E-state index contributed by atoms with van der Waals surface area (Å²) >= 11 is 0. The van der Waals surface area contributed by atoms with Crippen LogP contribution in [0.2, 0.25) is 0 Å². The van der Waals surface area contributed by atoms with Gasteiger partial charge in [-0.15, -0.1) is 0 Å². The average molecular weight is 128 g/mol. The maximum Gasteiger partial charge on any atom is 0 e. The van der Waals surface area contributed by atoms with Crippen LogP contribution in [0.4, 0.5) is 18.8 Å². The van der Waals surface area contributed by atoms with Gasteiger partial charge in [0.05, 0.1) is 0 Å². The Morgan fingerprint density at radius 3 is 0.400 bits per heavy atom. The maximum absolute atomic E-state index is 0. The zero-order chi connectivity index (χ0) is 0. The van der Waals surface area contributed by atoms with E-state index in [0.29, 0.717) is 0 Å². The van der Waals surface area contributed by atoms with Gasteiger partial charge in [0, 0.05) is 21.7 Å². The van der Waals surface area contributed by atoms with Gasteiger partial charge in [-0.05, 0) is 0 Å². The van der Waals surface area contributed by atoms with Crippen LogP contribution in [0.25, 0.3) is 0 Å². The van der Waals surface area contributed by atoms with E-state index in [-0.39, 0.29) is 40.5 Å². The zero-order valence-electron chi connectivity index (χ0n) is 2.13. The van der Waals surface area contributed by atoms with Crippen LogP contribution >= 0.6 is 0 Å². The molecule has 0 saturated carbocycles. The molecule has 0 nitrogen and oxygen atoms in total. The van der Waals surface area contributed by atoms with Crippen LogP contribution in [0.5, 0.6) is 0 Å². The van der Waals surface area contributed by atoms with Crippen molar-refractivity contribution in [3.8, 4) is 0 Å². The summed E-state index contributed by atoms with van der Waals surface area (Å²) < 4.78 is 0. The third kappa shape index (κ3) is 139. The minimum absolute atomic E-state index is 0. The first-order valence-corrected chi connectivity index (χ1v) is 0. The minimum Gasteiger partial charge on any atom is -0.269 e. The third-order valence-electron chi connectivity index (χ3n) is 0. The normalized spacial score (nSPS) is 0. The van der Waals surface area contributed by atoms with Crippen molar-refractivity contribution in [1.82, 2.24) is 0 Å².